The van der Waals surface area contributed by atoms with E-state index in [0.29, 0.717) is 12.0 Å². The fourth-order valence-corrected chi connectivity index (χ4v) is 2.83. The zero-order chi connectivity index (χ0) is 11.9. The quantitative estimate of drug-likeness (QED) is 0.684. The summed E-state index contributed by atoms with van der Waals surface area (Å²) in [5.74, 6) is 0.585. The van der Waals surface area contributed by atoms with Gasteiger partial charge in [-0.2, -0.15) is 0 Å². The normalized spacial score (nSPS) is 34.0. The Hall–Kier alpha value is -0.770. The van der Waals surface area contributed by atoms with E-state index < -0.39 is 5.60 Å². The number of hydrogen-bond donors (Lipinski definition) is 1. The number of carbonyl (C=O) groups excluding carboxylic acids is 1. The highest BCUT2D eigenvalue weighted by molar-refractivity contribution is 5.69. The Morgan fingerprint density at radius 2 is 2.00 bits per heavy atom. The van der Waals surface area contributed by atoms with E-state index in [0.717, 1.165) is 25.8 Å². The van der Waals surface area contributed by atoms with E-state index in [1.807, 2.05) is 25.7 Å². The molecule has 1 saturated heterocycles. The lowest BCUT2D eigenvalue weighted by Crippen LogP contribution is -2.41. The molecule has 3 atom stereocenters. The first-order chi connectivity index (χ1) is 7.35. The molecule has 92 valence electrons. The number of rotatable bonds is 0. The first-order valence-corrected chi connectivity index (χ1v) is 6.10. The Morgan fingerprint density at radius 1 is 1.31 bits per heavy atom. The second-order valence-corrected chi connectivity index (χ2v) is 6.12. The van der Waals surface area contributed by atoms with E-state index in [4.69, 9.17) is 10.5 Å². The number of fused-ring (bicyclic) bond motifs is 2. The number of likely N-dealkylation sites (tertiary alicyclic amines) is 1. The van der Waals surface area contributed by atoms with Crippen molar-refractivity contribution in [1.29, 1.82) is 0 Å². The predicted molar refractivity (Wildman–Crippen MR) is 62.0 cm³/mol. The Labute approximate surface area is 97.1 Å². The molecule has 16 heavy (non-hydrogen) atoms. The molecule has 2 N–H and O–H groups in total. The van der Waals surface area contributed by atoms with Gasteiger partial charge >= 0.3 is 6.09 Å². The van der Waals surface area contributed by atoms with Crippen LogP contribution in [0.3, 0.4) is 0 Å². The molecule has 1 saturated carbocycles. The van der Waals surface area contributed by atoms with E-state index >= 15 is 0 Å². The molecule has 2 bridgehead atoms. The molecule has 4 heteroatoms. The molecule has 2 aliphatic rings. The number of hydrogen-bond acceptors (Lipinski definition) is 3. The third-order valence-corrected chi connectivity index (χ3v) is 3.34. The van der Waals surface area contributed by atoms with Crippen molar-refractivity contribution in [2.45, 2.75) is 57.7 Å². The highest BCUT2D eigenvalue weighted by Gasteiger charge is 2.41. The Morgan fingerprint density at radius 3 is 2.62 bits per heavy atom. The smallest absolute Gasteiger partial charge is 0.410 e. The standard InChI is InChI=1S/C12H22N2O2/c1-12(2,3)16-11(15)14-7-8-4-9(13)6-10(14)5-8/h8-10H,4-7,13H2,1-3H3. The third kappa shape index (κ3) is 2.48. The van der Waals surface area contributed by atoms with Crippen molar-refractivity contribution in [2.75, 3.05) is 6.54 Å². The van der Waals surface area contributed by atoms with Crippen molar-refractivity contribution in [1.82, 2.24) is 4.90 Å². The van der Waals surface area contributed by atoms with Gasteiger partial charge in [0.1, 0.15) is 5.60 Å². The zero-order valence-corrected chi connectivity index (χ0v) is 10.4. The molecule has 0 aromatic rings. The van der Waals surface area contributed by atoms with Gasteiger partial charge in [0.2, 0.25) is 0 Å². The molecule has 1 aliphatic carbocycles. The minimum Gasteiger partial charge on any atom is -0.444 e. The second-order valence-electron chi connectivity index (χ2n) is 6.12. The minimum absolute atomic E-state index is 0.172. The van der Waals surface area contributed by atoms with E-state index in [2.05, 4.69) is 0 Å². The number of nitrogens with zero attached hydrogens (tertiary/aromatic N) is 1. The summed E-state index contributed by atoms with van der Waals surface area (Å²) < 4.78 is 5.41. The molecule has 2 fully saturated rings. The molecule has 0 aromatic carbocycles. The van der Waals surface area contributed by atoms with Crippen molar-refractivity contribution in [2.24, 2.45) is 11.7 Å². The molecule has 4 nitrogen and oxygen atoms in total. The largest absolute Gasteiger partial charge is 0.444 e. The lowest BCUT2D eigenvalue weighted by atomic mass is 9.87. The van der Waals surface area contributed by atoms with Gasteiger partial charge < -0.3 is 15.4 Å². The molecule has 0 spiro atoms. The van der Waals surface area contributed by atoms with Crippen molar-refractivity contribution < 1.29 is 9.53 Å². The first kappa shape index (κ1) is 11.7. The van der Waals surface area contributed by atoms with Gasteiger partial charge in [-0.25, -0.2) is 4.79 Å². The van der Waals surface area contributed by atoms with Crippen LogP contribution < -0.4 is 5.73 Å². The second kappa shape index (κ2) is 3.91. The maximum atomic E-state index is 12.0. The van der Waals surface area contributed by atoms with Crippen LogP contribution in [-0.2, 0) is 4.74 Å². The summed E-state index contributed by atoms with van der Waals surface area (Å²) in [7, 11) is 0. The maximum absolute atomic E-state index is 12.0. The summed E-state index contributed by atoms with van der Waals surface area (Å²) in [6, 6.07) is 0.569. The van der Waals surface area contributed by atoms with Crippen LogP contribution in [0.2, 0.25) is 0 Å². The van der Waals surface area contributed by atoms with E-state index in [1.54, 1.807) is 0 Å². The van der Waals surface area contributed by atoms with Crippen LogP contribution >= 0.6 is 0 Å². The highest BCUT2D eigenvalue weighted by Crippen LogP contribution is 2.35. The number of amides is 1. The molecular formula is C12H22N2O2. The van der Waals surface area contributed by atoms with Crippen LogP contribution in [-0.4, -0.2) is 35.2 Å². The van der Waals surface area contributed by atoms with Gasteiger partial charge in [-0.05, 0) is 46.0 Å². The van der Waals surface area contributed by atoms with Gasteiger partial charge in [0, 0.05) is 18.6 Å². The lowest BCUT2D eigenvalue weighted by molar-refractivity contribution is 0.0221. The molecule has 0 radical (unpaired) electrons. The first-order valence-electron chi connectivity index (χ1n) is 6.10. The van der Waals surface area contributed by atoms with Crippen LogP contribution in [0.1, 0.15) is 40.0 Å². The Bertz CT molecular complexity index is 285. The number of carbonyl (C=O) groups is 1. The molecule has 1 amide bonds. The molecule has 0 aromatic heterocycles. The van der Waals surface area contributed by atoms with Gasteiger partial charge in [0.25, 0.3) is 0 Å². The zero-order valence-electron chi connectivity index (χ0n) is 10.4. The van der Waals surface area contributed by atoms with Crippen LogP contribution in [0, 0.1) is 5.92 Å². The average Bonchev–Trinajstić information content (AvgIpc) is 2.38. The topological polar surface area (TPSA) is 55.6 Å². The Balaban J connectivity index is 1.98. The van der Waals surface area contributed by atoms with Gasteiger partial charge in [0.05, 0.1) is 0 Å². The number of ether oxygens (including phenoxy) is 1. The number of nitrogens with two attached hydrogens (primary N) is 1. The SMILES string of the molecule is CC(C)(C)OC(=O)N1CC2CC(N)CC1C2. The monoisotopic (exact) mass is 226 g/mol. The summed E-state index contributed by atoms with van der Waals surface area (Å²) in [4.78, 5) is 13.9. The minimum atomic E-state index is -0.407. The van der Waals surface area contributed by atoms with Gasteiger partial charge in [-0.15, -0.1) is 0 Å². The fourth-order valence-electron chi connectivity index (χ4n) is 2.83. The maximum Gasteiger partial charge on any atom is 0.410 e. The van der Waals surface area contributed by atoms with Crippen LogP contribution in [0.15, 0.2) is 0 Å². The molecule has 3 unspecified atom stereocenters. The summed E-state index contributed by atoms with van der Waals surface area (Å²) in [6.07, 6.45) is 2.91. The van der Waals surface area contributed by atoms with E-state index in [-0.39, 0.29) is 12.1 Å². The van der Waals surface area contributed by atoms with Crippen LogP contribution in [0.5, 0.6) is 0 Å². The van der Waals surface area contributed by atoms with Crippen molar-refractivity contribution >= 4 is 6.09 Å². The molecular weight excluding hydrogens is 204 g/mol. The average molecular weight is 226 g/mol. The molecule has 2 rings (SSSR count). The highest BCUT2D eigenvalue weighted by atomic mass is 16.6. The summed E-state index contributed by atoms with van der Waals surface area (Å²) in [5.41, 5.74) is 5.56. The van der Waals surface area contributed by atoms with Crippen molar-refractivity contribution in [3.05, 3.63) is 0 Å². The van der Waals surface area contributed by atoms with E-state index in [9.17, 15) is 4.79 Å². The lowest BCUT2D eigenvalue weighted by Gasteiger charge is -2.29. The third-order valence-electron chi connectivity index (χ3n) is 3.34. The van der Waals surface area contributed by atoms with E-state index in [1.165, 1.54) is 0 Å². The van der Waals surface area contributed by atoms with Crippen molar-refractivity contribution in [3.63, 3.8) is 0 Å². The molecule has 1 aliphatic heterocycles. The van der Waals surface area contributed by atoms with Crippen molar-refractivity contribution in [3.8, 4) is 0 Å². The molecule has 1 heterocycles. The summed E-state index contributed by atoms with van der Waals surface area (Å²) >= 11 is 0. The Kier molecular flexibility index (Phi) is 2.86. The van der Waals surface area contributed by atoms with Gasteiger partial charge in [-0.1, -0.05) is 0 Å². The van der Waals surface area contributed by atoms with Crippen LogP contribution in [0.4, 0.5) is 4.79 Å². The van der Waals surface area contributed by atoms with Crippen LogP contribution in [0.25, 0.3) is 0 Å². The predicted octanol–water partition coefficient (Wildman–Crippen LogP) is 1.73. The fraction of sp³-hybridized carbons (Fsp3) is 0.917. The van der Waals surface area contributed by atoms with Gasteiger partial charge in [0.15, 0.2) is 0 Å². The van der Waals surface area contributed by atoms with Gasteiger partial charge in [-0.3, -0.25) is 0 Å². The summed E-state index contributed by atoms with van der Waals surface area (Å²) in [6.45, 7) is 6.53. The summed E-state index contributed by atoms with van der Waals surface area (Å²) in [5, 5.41) is 0.